The van der Waals surface area contributed by atoms with Crippen LogP contribution in [0.25, 0.3) is 0 Å². The van der Waals surface area contributed by atoms with Gasteiger partial charge < -0.3 is 16.0 Å². The van der Waals surface area contributed by atoms with E-state index in [1.165, 1.54) is 4.90 Å². The molecule has 1 aliphatic heterocycles. The lowest BCUT2D eigenvalue weighted by Crippen LogP contribution is -2.54. The predicted molar refractivity (Wildman–Crippen MR) is 155 cm³/mol. The lowest BCUT2D eigenvalue weighted by atomic mass is 10.0. The summed E-state index contributed by atoms with van der Waals surface area (Å²) in [7, 11) is -3.91. The molecular formula is C30H32N6O4S. The summed E-state index contributed by atoms with van der Waals surface area (Å²) in [6, 6.07) is 22.4. The fourth-order valence-electron chi connectivity index (χ4n) is 4.79. The van der Waals surface area contributed by atoms with Gasteiger partial charge in [0.15, 0.2) is 0 Å². The number of carbonyl (C=O) groups is 2. The molecule has 1 fully saturated rings. The summed E-state index contributed by atoms with van der Waals surface area (Å²) >= 11 is 0. The number of benzene rings is 3. The Morgan fingerprint density at radius 1 is 1.00 bits per heavy atom. The van der Waals surface area contributed by atoms with Gasteiger partial charge in [0.1, 0.15) is 17.9 Å². The summed E-state index contributed by atoms with van der Waals surface area (Å²) in [5.41, 5.74) is 8.60. The number of rotatable bonds is 11. The lowest BCUT2D eigenvalue weighted by Gasteiger charge is -2.29. The van der Waals surface area contributed by atoms with Crippen LogP contribution in [-0.4, -0.2) is 49.6 Å². The van der Waals surface area contributed by atoms with Crippen LogP contribution < -0.4 is 15.8 Å². The zero-order valence-electron chi connectivity index (χ0n) is 22.4. The summed E-state index contributed by atoms with van der Waals surface area (Å²) in [4.78, 5) is 28.4. The van der Waals surface area contributed by atoms with Crippen LogP contribution in [0.2, 0.25) is 0 Å². The molecule has 0 spiro atoms. The normalized spacial score (nSPS) is 15.6. The van der Waals surface area contributed by atoms with Crippen LogP contribution >= 0.6 is 0 Å². The summed E-state index contributed by atoms with van der Waals surface area (Å²) < 4.78 is 28.9. The summed E-state index contributed by atoms with van der Waals surface area (Å²) in [6.45, 7) is 0.558. The second kappa shape index (κ2) is 13.2. The lowest BCUT2D eigenvalue weighted by molar-refractivity contribution is -0.139. The first-order chi connectivity index (χ1) is 19.6. The van der Waals surface area contributed by atoms with E-state index in [0.717, 1.165) is 5.56 Å². The Labute approximate surface area is 239 Å². The third kappa shape index (κ3) is 8.00. The number of nitriles is 1. The van der Waals surface area contributed by atoms with Crippen LogP contribution in [-0.2, 0) is 38.3 Å². The van der Waals surface area contributed by atoms with Crippen molar-refractivity contribution in [1.29, 1.82) is 10.7 Å². The molecule has 0 radical (unpaired) electrons. The van der Waals surface area contributed by atoms with Gasteiger partial charge in [-0.2, -0.15) is 5.26 Å². The number of nitrogens with one attached hydrogen (secondary N) is 3. The summed E-state index contributed by atoms with van der Waals surface area (Å²) in [5.74, 6) is -1.14. The van der Waals surface area contributed by atoms with E-state index in [0.29, 0.717) is 41.6 Å². The minimum Gasteiger partial charge on any atom is -0.384 e. The average molecular weight is 573 g/mol. The monoisotopic (exact) mass is 572 g/mol. The Bertz CT molecular complexity index is 1530. The quantitative estimate of drug-likeness (QED) is 0.203. The van der Waals surface area contributed by atoms with Crippen LogP contribution in [0, 0.1) is 16.7 Å². The first kappa shape index (κ1) is 29.5. The molecule has 0 saturated carbocycles. The van der Waals surface area contributed by atoms with Crippen LogP contribution in [0.15, 0.2) is 78.9 Å². The number of carbonyl (C=O) groups excluding carboxylic acids is 2. The molecule has 1 aliphatic rings. The maximum atomic E-state index is 13.8. The maximum Gasteiger partial charge on any atom is 0.243 e. The molecule has 0 aliphatic carbocycles. The number of amidine groups is 1. The molecule has 41 heavy (non-hydrogen) atoms. The second-order valence-electron chi connectivity index (χ2n) is 9.95. The van der Waals surface area contributed by atoms with Crippen LogP contribution in [0.3, 0.4) is 0 Å². The average Bonchev–Trinajstić information content (AvgIpc) is 3.46. The number of hydrogen-bond donors (Lipinski definition) is 4. The fraction of sp³-hybridized carbons (Fsp3) is 0.267. The third-order valence-electron chi connectivity index (χ3n) is 6.91. The molecule has 4 rings (SSSR count). The van der Waals surface area contributed by atoms with E-state index in [4.69, 9.17) is 16.4 Å². The van der Waals surface area contributed by atoms with Gasteiger partial charge in [-0.1, -0.05) is 66.7 Å². The van der Waals surface area contributed by atoms with Crippen molar-refractivity contribution in [1.82, 2.24) is 14.9 Å². The molecule has 11 heteroatoms. The number of amides is 2. The van der Waals surface area contributed by atoms with Gasteiger partial charge in [-0.15, -0.1) is 0 Å². The molecule has 0 aromatic heterocycles. The van der Waals surface area contributed by atoms with Gasteiger partial charge in [0.2, 0.25) is 21.8 Å². The number of likely N-dealkylation sites (tertiary alicyclic amines) is 1. The van der Waals surface area contributed by atoms with E-state index in [9.17, 15) is 18.0 Å². The smallest absolute Gasteiger partial charge is 0.243 e. The molecule has 212 valence electrons. The van der Waals surface area contributed by atoms with Crippen LogP contribution in [0.4, 0.5) is 0 Å². The van der Waals surface area contributed by atoms with Crippen molar-refractivity contribution in [2.45, 2.75) is 43.6 Å². The molecule has 5 N–H and O–H groups in total. The zero-order valence-corrected chi connectivity index (χ0v) is 23.2. The second-order valence-corrected chi connectivity index (χ2v) is 11.7. The number of hydrogen-bond acceptors (Lipinski definition) is 6. The predicted octanol–water partition coefficient (Wildman–Crippen LogP) is 2.18. The van der Waals surface area contributed by atoms with E-state index in [2.05, 4.69) is 10.0 Å². The zero-order chi connectivity index (χ0) is 29.4. The Morgan fingerprint density at radius 3 is 2.29 bits per heavy atom. The number of sulfonamides is 1. The van der Waals surface area contributed by atoms with Gasteiger partial charge in [0.05, 0.1) is 17.4 Å². The van der Waals surface area contributed by atoms with Gasteiger partial charge in [-0.05, 0) is 48.1 Å². The molecule has 0 bridgehead atoms. The molecule has 0 unspecified atom stereocenters. The highest BCUT2D eigenvalue weighted by atomic mass is 32.2. The maximum absolute atomic E-state index is 13.8. The Kier molecular flexibility index (Phi) is 9.49. The molecule has 10 nitrogen and oxygen atoms in total. The van der Waals surface area contributed by atoms with E-state index >= 15 is 0 Å². The highest BCUT2D eigenvalue weighted by molar-refractivity contribution is 7.88. The molecule has 1 saturated heterocycles. The highest BCUT2D eigenvalue weighted by Crippen LogP contribution is 2.21. The van der Waals surface area contributed by atoms with Gasteiger partial charge in [-0.3, -0.25) is 15.0 Å². The molecule has 1 heterocycles. The number of nitrogens with zero attached hydrogens (tertiary/aromatic N) is 2. The van der Waals surface area contributed by atoms with Crippen molar-refractivity contribution in [3.8, 4) is 6.07 Å². The minimum atomic E-state index is -3.91. The SMILES string of the molecule is N#Cc1ccc(C[C@H](NS(=O)(=O)Cc2ccccc2)C(=O)N2CCC[C@@H]2C(=O)NCc2ccc(C(=N)N)cc2)cc1. The summed E-state index contributed by atoms with van der Waals surface area (Å²) in [6.07, 6.45) is 1.13. The van der Waals surface area contributed by atoms with Crippen molar-refractivity contribution in [3.05, 3.63) is 107 Å². The highest BCUT2D eigenvalue weighted by Gasteiger charge is 2.38. The van der Waals surface area contributed by atoms with Gasteiger partial charge >= 0.3 is 0 Å². The van der Waals surface area contributed by atoms with Crippen molar-refractivity contribution in [3.63, 3.8) is 0 Å². The van der Waals surface area contributed by atoms with Gasteiger partial charge in [-0.25, -0.2) is 13.1 Å². The standard InChI is InChI=1S/C30H32N6O4S/c31-18-22-10-8-21(9-11-22)17-26(35-41(39,40)20-24-5-2-1-3-6-24)30(38)36-16-4-7-27(36)29(37)34-19-23-12-14-25(15-13-23)28(32)33/h1-3,5-6,8-15,26-27,35H,4,7,16-17,19-20H2,(H3,32,33)(H,34,37)/t26-,27+/m0/s1. The van der Waals surface area contributed by atoms with Crippen LogP contribution in [0.5, 0.6) is 0 Å². The van der Waals surface area contributed by atoms with E-state index < -0.39 is 28.0 Å². The van der Waals surface area contributed by atoms with Crippen molar-refractivity contribution < 1.29 is 18.0 Å². The molecule has 2 atom stereocenters. The van der Waals surface area contributed by atoms with Crippen molar-refractivity contribution in [2.75, 3.05) is 6.54 Å². The minimum absolute atomic E-state index is 0.0457. The molecule has 3 aromatic rings. The number of nitrogens with two attached hydrogens (primary N) is 1. The van der Waals surface area contributed by atoms with Crippen molar-refractivity contribution in [2.24, 2.45) is 5.73 Å². The third-order valence-corrected chi connectivity index (χ3v) is 8.27. The van der Waals surface area contributed by atoms with E-state index in [-0.39, 0.29) is 30.5 Å². The van der Waals surface area contributed by atoms with E-state index in [1.54, 1.807) is 78.9 Å². The summed E-state index contributed by atoms with van der Waals surface area (Å²) in [5, 5.41) is 19.5. The topological polar surface area (TPSA) is 169 Å². The van der Waals surface area contributed by atoms with Crippen LogP contribution in [0.1, 0.15) is 40.7 Å². The first-order valence-electron chi connectivity index (χ1n) is 13.2. The molecule has 2 amide bonds. The molecule has 3 aromatic carbocycles. The fourth-order valence-corrected chi connectivity index (χ4v) is 6.13. The Hall–Kier alpha value is -4.53. The largest absolute Gasteiger partial charge is 0.384 e. The number of nitrogen functional groups attached to an aromatic ring is 1. The van der Waals surface area contributed by atoms with Gasteiger partial charge in [0.25, 0.3) is 0 Å². The Morgan fingerprint density at radius 2 is 1.66 bits per heavy atom. The van der Waals surface area contributed by atoms with Crippen molar-refractivity contribution >= 4 is 27.7 Å². The van der Waals surface area contributed by atoms with E-state index in [1.807, 2.05) is 6.07 Å². The first-order valence-corrected chi connectivity index (χ1v) is 14.8. The van der Waals surface area contributed by atoms with Gasteiger partial charge in [0, 0.05) is 18.7 Å². The molecular weight excluding hydrogens is 540 g/mol. The Balaban J connectivity index is 1.49.